The Bertz CT molecular complexity index is 1310. The molecule has 4 aromatic rings. The fourth-order valence-corrected chi connectivity index (χ4v) is 4.04. The van der Waals surface area contributed by atoms with Gasteiger partial charge < -0.3 is 14.8 Å². The molecule has 0 saturated carbocycles. The molecule has 8 heteroatoms. The topological polar surface area (TPSA) is 81.2 Å². The zero-order valence-corrected chi connectivity index (χ0v) is 17.1. The molecule has 29 heavy (non-hydrogen) atoms. The van der Waals surface area contributed by atoms with E-state index in [4.69, 9.17) is 9.47 Å². The van der Waals surface area contributed by atoms with Crippen LogP contribution in [0.3, 0.4) is 0 Å². The third kappa shape index (κ3) is 3.50. The zero-order chi connectivity index (χ0) is 20.5. The number of nitrogens with one attached hydrogen (secondary N) is 2. The van der Waals surface area contributed by atoms with Crippen LogP contribution in [0, 0.1) is 0 Å². The molecule has 0 fully saturated rings. The average molecular weight is 408 g/mol. The number of anilines is 1. The Kier molecular flexibility index (Phi) is 4.85. The first-order valence-corrected chi connectivity index (χ1v) is 9.68. The largest absolute Gasteiger partial charge is 0.497 e. The van der Waals surface area contributed by atoms with Crippen molar-refractivity contribution in [2.75, 3.05) is 19.5 Å². The van der Waals surface area contributed by atoms with Gasteiger partial charge >= 0.3 is 0 Å². The monoisotopic (exact) mass is 408 g/mol. The Labute approximate surface area is 170 Å². The molecule has 0 saturated heterocycles. The van der Waals surface area contributed by atoms with Gasteiger partial charge in [0.2, 0.25) is 5.13 Å². The molecule has 0 atom stereocenters. The number of hydrogen-bond donors (Lipinski definition) is 2. The van der Waals surface area contributed by atoms with Gasteiger partial charge in [-0.05, 0) is 19.1 Å². The summed E-state index contributed by atoms with van der Waals surface area (Å²) in [5.41, 5.74) is 2.04. The van der Waals surface area contributed by atoms with Crippen molar-refractivity contribution in [1.29, 1.82) is 0 Å². The maximum Gasteiger partial charge on any atom is 0.282 e. The van der Waals surface area contributed by atoms with Crippen LogP contribution >= 0.6 is 11.3 Å². The molecule has 4 rings (SSSR count). The number of fused-ring (bicyclic) bond motifs is 1. The number of para-hydroxylation sites is 1. The molecule has 0 spiro atoms. The number of rotatable bonds is 5. The summed E-state index contributed by atoms with van der Waals surface area (Å²) in [6, 6.07) is 13.2. The molecule has 0 aliphatic rings. The highest BCUT2D eigenvalue weighted by molar-refractivity contribution is 7.20. The number of nitrogens with zero attached hydrogens (tertiary/aromatic N) is 2. The van der Waals surface area contributed by atoms with E-state index in [9.17, 15) is 4.79 Å². The molecular formula is C21H20N4O3S. The number of aromatic nitrogens is 3. The minimum absolute atomic E-state index is 0.214. The number of benzene rings is 2. The summed E-state index contributed by atoms with van der Waals surface area (Å²) in [7, 11) is 3.18. The molecule has 148 valence electrons. The lowest BCUT2D eigenvalue weighted by molar-refractivity contribution is 0.395. The fourth-order valence-electron chi connectivity index (χ4n) is 3.12. The highest BCUT2D eigenvalue weighted by Crippen LogP contribution is 2.26. The predicted molar refractivity (Wildman–Crippen MR) is 117 cm³/mol. The molecule has 0 aliphatic heterocycles. The quantitative estimate of drug-likeness (QED) is 0.530. The van der Waals surface area contributed by atoms with Crippen LogP contribution in [0.15, 0.2) is 47.3 Å². The second-order valence-electron chi connectivity index (χ2n) is 6.42. The Morgan fingerprint density at radius 3 is 2.52 bits per heavy atom. The first kappa shape index (κ1) is 18.8. The van der Waals surface area contributed by atoms with Crippen LogP contribution in [-0.4, -0.2) is 29.0 Å². The lowest BCUT2D eigenvalue weighted by Crippen LogP contribution is -2.37. The van der Waals surface area contributed by atoms with Gasteiger partial charge in [0.1, 0.15) is 11.5 Å². The number of hydrogen-bond acceptors (Lipinski definition) is 6. The molecule has 2 heterocycles. The minimum atomic E-state index is -0.214. The molecule has 0 radical (unpaired) electrons. The summed E-state index contributed by atoms with van der Waals surface area (Å²) in [6.07, 6.45) is 0. The lowest BCUT2D eigenvalue weighted by Gasteiger charge is -2.10. The average Bonchev–Trinajstić information content (AvgIpc) is 3.27. The molecule has 2 aromatic heterocycles. The maximum absolute atomic E-state index is 13.1. The van der Waals surface area contributed by atoms with Crippen LogP contribution in [0.2, 0.25) is 0 Å². The first-order chi connectivity index (χ1) is 14.0. The Morgan fingerprint density at radius 2 is 1.86 bits per heavy atom. The van der Waals surface area contributed by atoms with E-state index < -0.39 is 0 Å². The van der Waals surface area contributed by atoms with E-state index in [1.165, 1.54) is 16.0 Å². The molecule has 0 aliphatic carbocycles. The van der Waals surface area contributed by atoms with E-state index in [0.717, 1.165) is 15.9 Å². The number of methoxy groups -OCH3 is 2. The van der Waals surface area contributed by atoms with Crippen LogP contribution in [-0.2, 0) is 0 Å². The van der Waals surface area contributed by atoms with Crippen molar-refractivity contribution < 1.29 is 9.47 Å². The van der Waals surface area contributed by atoms with Gasteiger partial charge in [-0.3, -0.25) is 9.89 Å². The summed E-state index contributed by atoms with van der Waals surface area (Å²) < 4.78 is 13.0. The second kappa shape index (κ2) is 7.48. The van der Waals surface area contributed by atoms with Gasteiger partial charge in [0.15, 0.2) is 0 Å². The Morgan fingerprint density at radius 1 is 1.17 bits per heavy atom. The van der Waals surface area contributed by atoms with E-state index in [1.807, 2.05) is 43.3 Å². The third-order valence-corrected chi connectivity index (χ3v) is 5.52. The standard InChI is InChI=1S/C21H20N4O3S/c1-12(22-14-9-15(27-3)11-16(10-14)28-4)19-13(2)24-25(20(19)26)21-23-17-7-5-6-8-18(17)29-21/h5-11,22,24H,2H2,1,3-4H3. The molecule has 7 nitrogen and oxygen atoms in total. The smallest absolute Gasteiger partial charge is 0.282 e. The van der Waals surface area contributed by atoms with Crippen LogP contribution in [0.4, 0.5) is 5.69 Å². The molecule has 0 amide bonds. The van der Waals surface area contributed by atoms with Crippen molar-refractivity contribution in [3.05, 3.63) is 63.4 Å². The molecule has 2 N–H and O–H groups in total. The highest BCUT2D eigenvalue weighted by atomic mass is 32.1. The van der Waals surface area contributed by atoms with E-state index >= 15 is 0 Å². The van der Waals surface area contributed by atoms with Crippen molar-refractivity contribution >= 4 is 39.5 Å². The van der Waals surface area contributed by atoms with Gasteiger partial charge in [0.25, 0.3) is 5.56 Å². The van der Waals surface area contributed by atoms with Gasteiger partial charge in [0.05, 0.1) is 35.0 Å². The van der Waals surface area contributed by atoms with E-state index in [0.29, 0.717) is 32.9 Å². The maximum atomic E-state index is 13.1. The van der Waals surface area contributed by atoms with Crippen LogP contribution < -0.4 is 30.9 Å². The number of thiazole rings is 1. The minimum Gasteiger partial charge on any atom is -0.497 e. The van der Waals surface area contributed by atoms with Gasteiger partial charge in [-0.15, -0.1) is 0 Å². The van der Waals surface area contributed by atoms with Crippen molar-refractivity contribution in [2.24, 2.45) is 0 Å². The number of aromatic amines is 1. The summed E-state index contributed by atoms with van der Waals surface area (Å²) in [4.78, 5) is 17.6. The molecule has 2 aromatic carbocycles. The summed E-state index contributed by atoms with van der Waals surface area (Å²) in [5.74, 6) is 1.30. The SMILES string of the molecule is C=c1[nH]n(-c2nc3ccccc3s2)c(=O)c1=C(C)Nc1cc(OC)cc(OC)c1. The third-order valence-electron chi connectivity index (χ3n) is 4.50. The van der Waals surface area contributed by atoms with Gasteiger partial charge in [-0.1, -0.05) is 30.0 Å². The normalized spacial score (nSPS) is 12.1. The summed E-state index contributed by atoms with van der Waals surface area (Å²) in [6.45, 7) is 5.83. The number of H-pyrrole nitrogens is 1. The van der Waals surface area contributed by atoms with Crippen molar-refractivity contribution in [3.63, 3.8) is 0 Å². The van der Waals surface area contributed by atoms with Gasteiger partial charge in [0, 0.05) is 29.6 Å². The van der Waals surface area contributed by atoms with Gasteiger partial charge in [-0.2, -0.15) is 4.68 Å². The predicted octanol–water partition coefficient (Wildman–Crippen LogP) is 2.44. The fraction of sp³-hybridized carbons (Fsp3) is 0.143. The van der Waals surface area contributed by atoms with Crippen molar-refractivity contribution in [2.45, 2.75) is 6.92 Å². The van der Waals surface area contributed by atoms with Crippen molar-refractivity contribution in [3.8, 4) is 16.6 Å². The van der Waals surface area contributed by atoms with Crippen LogP contribution in [0.5, 0.6) is 11.5 Å². The summed E-state index contributed by atoms with van der Waals surface area (Å²) in [5, 5.41) is 7.82. The Balaban J connectivity index is 1.80. The molecule has 0 unspecified atom stereocenters. The van der Waals surface area contributed by atoms with Crippen LogP contribution in [0.25, 0.3) is 27.6 Å². The van der Waals surface area contributed by atoms with E-state index in [2.05, 4.69) is 22.0 Å². The van der Waals surface area contributed by atoms with Gasteiger partial charge in [-0.25, -0.2) is 4.98 Å². The molecule has 0 bridgehead atoms. The number of ether oxygens (including phenoxy) is 2. The van der Waals surface area contributed by atoms with Crippen LogP contribution in [0.1, 0.15) is 6.92 Å². The molecular weight excluding hydrogens is 388 g/mol. The van der Waals surface area contributed by atoms with E-state index in [-0.39, 0.29) is 5.56 Å². The lowest BCUT2D eigenvalue weighted by atomic mass is 10.2. The Hall–Kier alpha value is -3.52. The first-order valence-electron chi connectivity index (χ1n) is 8.87. The second-order valence-corrected chi connectivity index (χ2v) is 7.43. The van der Waals surface area contributed by atoms with E-state index in [1.54, 1.807) is 20.3 Å². The highest BCUT2D eigenvalue weighted by Gasteiger charge is 2.12. The summed E-state index contributed by atoms with van der Waals surface area (Å²) >= 11 is 1.44. The van der Waals surface area contributed by atoms with Crippen molar-refractivity contribution in [1.82, 2.24) is 14.8 Å². The zero-order valence-electron chi connectivity index (χ0n) is 16.3.